The lowest BCUT2D eigenvalue weighted by molar-refractivity contribution is -0.260. The zero-order valence-corrected chi connectivity index (χ0v) is 16.6. The average Bonchev–Trinajstić information content (AvgIpc) is 2.57. The molecule has 0 aromatic carbocycles. The van der Waals surface area contributed by atoms with Gasteiger partial charge in [-0.1, -0.05) is 33.8 Å². The van der Waals surface area contributed by atoms with Crippen LogP contribution in [0.4, 0.5) is 0 Å². The Labute approximate surface area is 152 Å². The fraction of sp³-hybridized carbons (Fsp3) is 0.864. The number of carbonyl (C=O) groups is 1. The second-order valence-corrected chi connectivity index (χ2v) is 10.4. The Morgan fingerprint density at radius 2 is 1.52 bits per heavy atom. The molecule has 25 heavy (non-hydrogen) atoms. The molecular weight excluding hydrogens is 312 g/mol. The van der Waals surface area contributed by atoms with E-state index in [1.165, 1.54) is 0 Å². The van der Waals surface area contributed by atoms with Crippen molar-refractivity contribution in [3.63, 3.8) is 0 Å². The van der Waals surface area contributed by atoms with Crippen LogP contribution < -0.4 is 0 Å². The van der Waals surface area contributed by atoms with E-state index in [0.29, 0.717) is 12.3 Å². The van der Waals surface area contributed by atoms with Gasteiger partial charge in [0.05, 0.1) is 17.6 Å². The maximum absolute atomic E-state index is 12.1. The number of rotatable bonds is 2. The molecule has 142 valence electrons. The van der Waals surface area contributed by atoms with Gasteiger partial charge >= 0.3 is 0 Å². The fourth-order valence-electron chi connectivity index (χ4n) is 7.11. The Bertz CT molecular complexity index is 588. The Balaban J connectivity index is 2.11. The molecule has 0 aromatic rings. The average molecular weight is 349 g/mol. The molecule has 0 aromatic heterocycles. The molecule has 8 atom stereocenters. The van der Waals surface area contributed by atoms with E-state index in [2.05, 4.69) is 34.3 Å². The van der Waals surface area contributed by atoms with Crippen LogP contribution >= 0.6 is 0 Å². The molecule has 0 amide bonds. The summed E-state index contributed by atoms with van der Waals surface area (Å²) in [7, 11) is 0. The molecule has 0 aliphatic heterocycles. The lowest BCUT2D eigenvalue weighted by Crippen LogP contribution is -2.69. The number of hydrogen-bond acceptors (Lipinski definition) is 3. The minimum Gasteiger partial charge on any atom is -0.392 e. The van der Waals surface area contributed by atoms with Crippen molar-refractivity contribution < 1.29 is 15.0 Å². The van der Waals surface area contributed by atoms with Gasteiger partial charge in [0, 0.05) is 5.41 Å². The summed E-state index contributed by atoms with van der Waals surface area (Å²) < 4.78 is 0. The van der Waals surface area contributed by atoms with Gasteiger partial charge in [-0.15, -0.1) is 6.58 Å². The Morgan fingerprint density at radius 3 is 2.08 bits per heavy atom. The molecule has 3 rings (SSSR count). The number of fused-ring (bicyclic) bond motifs is 3. The zero-order valence-electron chi connectivity index (χ0n) is 16.6. The monoisotopic (exact) mass is 348 g/mol. The number of hydrogen-bond donors (Lipinski definition) is 2. The molecule has 0 unspecified atom stereocenters. The smallest absolute Gasteiger partial charge is 0.129 e. The number of aldehydes is 1. The van der Waals surface area contributed by atoms with E-state index >= 15 is 0 Å². The van der Waals surface area contributed by atoms with Gasteiger partial charge in [-0.05, 0) is 67.6 Å². The summed E-state index contributed by atoms with van der Waals surface area (Å²) >= 11 is 0. The van der Waals surface area contributed by atoms with Crippen LogP contribution in [0, 0.1) is 33.0 Å². The molecule has 3 aliphatic carbocycles. The maximum Gasteiger partial charge on any atom is 0.129 e. The van der Waals surface area contributed by atoms with Crippen molar-refractivity contribution in [2.24, 2.45) is 33.0 Å². The van der Waals surface area contributed by atoms with Crippen LogP contribution in [-0.4, -0.2) is 28.7 Å². The first-order valence-electron chi connectivity index (χ1n) is 9.90. The lowest BCUT2D eigenvalue weighted by Gasteiger charge is -2.72. The van der Waals surface area contributed by atoms with Crippen molar-refractivity contribution in [1.29, 1.82) is 0 Å². The summed E-state index contributed by atoms with van der Waals surface area (Å²) in [6.45, 7) is 15.0. The minimum atomic E-state index is -0.724. The van der Waals surface area contributed by atoms with Gasteiger partial charge in [-0.25, -0.2) is 0 Å². The van der Waals surface area contributed by atoms with E-state index < -0.39 is 17.6 Å². The van der Waals surface area contributed by atoms with Crippen LogP contribution in [0.15, 0.2) is 12.7 Å². The summed E-state index contributed by atoms with van der Waals surface area (Å²) in [6, 6.07) is 0. The third-order valence-electron chi connectivity index (χ3n) is 9.95. The Kier molecular flexibility index (Phi) is 4.14. The van der Waals surface area contributed by atoms with E-state index in [0.717, 1.165) is 38.4 Å². The van der Waals surface area contributed by atoms with E-state index in [4.69, 9.17) is 0 Å². The van der Waals surface area contributed by atoms with Crippen molar-refractivity contribution in [2.45, 2.75) is 85.4 Å². The van der Waals surface area contributed by atoms with Crippen molar-refractivity contribution >= 4 is 6.29 Å². The Morgan fingerprint density at radius 1 is 0.920 bits per heavy atom. The zero-order chi connectivity index (χ0) is 18.9. The molecule has 0 radical (unpaired) electrons. The highest BCUT2D eigenvalue weighted by molar-refractivity contribution is 5.63. The molecule has 3 heteroatoms. The molecule has 3 saturated carbocycles. The van der Waals surface area contributed by atoms with Gasteiger partial charge < -0.3 is 15.0 Å². The third-order valence-corrected chi connectivity index (χ3v) is 9.95. The maximum atomic E-state index is 12.1. The molecule has 0 bridgehead atoms. The highest BCUT2D eigenvalue weighted by atomic mass is 16.3. The largest absolute Gasteiger partial charge is 0.392 e. The molecule has 0 spiro atoms. The molecule has 3 aliphatic rings. The summed E-state index contributed by atoms with van der Waals surface area (Å²) in [4.78, 5) is 12.1. The van der Waals surface area contributed by atoms with Crippen molar-refractivity contribution in [3.8, 4) is 0 Å². The first-order chi connectivity index (χ1) is 11.4. The van der Waals surface area contributed by atoms with Crippen molar-refractivity contribution in [3.05, 3.63) is 12.7 Å². The number of carbonyl (C=O) groups excluding carboxylic acids is 1. The molecule has 3 fully saturated rings. The summed E-state index contributed by atoms with van der Waals surface area (Å²) in [5.74, 6) is 0.517. The molecule has 3 nitrogen and oxygen atoms in total. The number of aliphatic hydroxyl groups is 2. The van der Waals surface area contributed by atoms with Crippen LogP contribution in [-0.2, 0) is 4.79 Å². The minimum absolute atomic E-state index is 0.0354. The second kappa shape index (κ2) is 5.42. The van der Waals surface area contributed by atoms with Crippen LogP contribution in [0.2, 0.25) is 0 Å². The van der Waals surface area contributed by atoms with E-state index in [9.17, 15) is 15.0 Å². The van der Waals surface area contributed by atoms with Gasteiger partial charge in [0.15, 0.2) is 0 Å². The van der Waals surface area contributed by atoms with E-state index in [-0.39, 0.29) is 21.7 Å². The summed E-state index contributed by atoms with van der Waals surface area (Å²) in [5, 5.41) is 21.7. The SMILES string of the molecule is C=C[C@@]1(C)C[C@H]2CC[C@@]3(C)[C@@](C)(CC[C@@H](O)[C@]3(C)C=O)[C@]2(C)C[C@@H]1O. The lowest BCUT2D eigenvalue weighted by atomic mass is 9.32. The van der Waals surface area contributed by atoms with Crippen LogP contribution in [0.3, 0.4) is 0 Å². The first-order valence-corrected chi connectivity index (χ1v) is 9.90. The predicted molar refractivity (Wildman–Crippen MR) is 100 cm³/mol. The van der Waals surface area contributed by atoms with Gasteiger partial charge in [-0.3, -0.25) is 0 Å². The third kappa shape index (κ3) is 2.03. The van der Waals surface area contributed by atoms with E-state index in [1.807, 2.05) is 13.0 Å². The molecular formula is C22H36O3. The molecule has 0 heterocycles. The van der Waals surface area contributed by atoms with Crippen LogP contribution in [0.25, 0.3) is 0 Å². The van der Waals surface area contributed by atoms with Crippen LogP contribution in [0.1, 0.15) is 73.1 Å². The quantitative estimate of drug-likeness (QED) is 0.583. The highest BCUT2D eigenvalue weighted by Crippen LogP contribution is 2.75. The fourth-order valence-corrected chi connectivity index (χ4v) is 7.11. The predicted octanol–water partition coefficient (Wildman–Crippen LogP) is 4.12. The standard InChI is InChI=1S/C22H36O3/c1-7-18(2)12-15-8-10-22(6)20(4,14-23)16(24)9-11-21(22,5)19(15,3)13-17(18)25/h7,14-17,24-25H,1,8-13H2,2-6H3/t15-,16-,17+,18+,19-,20+,21+,22-/m1/s1. The van der Waals surface area contributed by atoms with Gasteiger partial charge in [0.2, 0.25) is 0 Å². The molecule has 0 saturated heterocycles. The first kappa shape index (κ1) is 19.1. The number of aliphatic hydroxyl groups excluding tert-OH is 2. The molecule has 2 N–H and O–H groups in total. The second-order valence-electron chi connectivity index (χ2n) is 10.4. The van der Waals surface area contributed by atoms with Gasteiger partial charge in [-0.2, -0.15) is 0 Å². The topological polar surface area (TPSA) is 57.5 Å². The van der Waals surface area contributed by atoms with Crippen molar-refractivity contribution in [1.82, 2.24) is 0 Å². The van der Waals surface area contributed by atoms with E-state index in [1.54, 1.807) is 0 Å². The van der Waals surface area contributed by atoms with Crippen LogP contribution in [0.5, 0.6) is 0 Å². The Hall–Kier alpha value is -0.670. The van der Waals surface area contributed by atoms with Gasteiger partial charge in [0.1, 0.15) is 6.29 Å². The van der Waals surface area contributed by atoms with Crippen molar-refractivity contribution in [2.75, 3.05) is 0 Å². The summed E-state index contributed by atoms with van der Waals surface area (Å²) in [5.41, 5.74) is -1.32. The summed E-state index contributed by atoms with van der Waals surface area (Å²) in [6.07, 6.45) is 7.28. The highest BCUT2D eigenvalue weighted by Gasteiger charge is 2.71. The van der Waals surface area contributed by atoms with Gasteiger partial charge in [0.25, 0.3) is 0 Å². The normalized spacial score (nSPS) is 58.8.